The zero-order valence-corrected chi connectivity index (χ0v) is 13.1. The van der Waals surface area contributed by atoms with E-state index in [1.165, 1.54) is 0 Å². The summed E-state index contributed by atoms with van der Waals surface area (Å²) in [4.78, 5) is 34.2. The summed E-state index contributed by atoms with van der Waals surface area (Å²) in [7, 11) is 0. The summed E-state index contributed by atoms with van der Waals surface area (Å²) in [6.07, 6.45) is 1.66. The van der Waals surface area contributed by atoms with Crippen molar-refractivity contribution in [3.05, 3.63) is 0 Å². The Hall–Kier alpha value is -1.44. The van der Waals surface area contributed by atoms with Gasteiger partial charge in [-0.2, -0.15) is 11.8 Å². The normalized spacial score (nSPS) is 12.4. The second kappa shape index (κ2) is 8.68. The van der Waals surface area contributed by atoms with Gasteiger partial charge in [-0.05, 0) is 39.2 Å². The van der Waals surface area contributed by atoms with Crippen molar-refractivity contribution in [2.24, 2.45) is 5.73 Å². The van der Waals surface area contributed by atoms with E-state index in [1.807, 2.05) is 6.26 Å². The number of primary amides is 1. The van der Waals surface area contributed by atoms with Gasteiger partial charge in [0, 0.05) is 0 Å². The van der Waals surface area contributed by atoms with Crippen molar-refractivity contribution in [3.63, 3.8) is 0 Å². The van der Waals surface area contributed by atoms with Crippen LogP contribution in [0.3, 0.4) is 0 Å². The molecule has 0 aromatic heterocycles. The third-order valence-corrected chi connectivity index (χ3v) is 2.70. The van der Waals surface area contributed by atoms with E-state index in [0.717, 1.165) is 0 Å². The maximum atomic E-state index is 11.9. The standard InChI is InChI=1S/C12H23N3O4S/c1-12(2,3)19-11(18)15-8(5-6-20-4)10(17)14-7-9(13)16/h8H,5-7H2,1-4H3,(H2,13,16)(H,14,17)(H,15,18). The second-order valence-electron chi connectivity index (χ2n) is 5.16. The fourth-order valence-electron chi connectivity index (χ4n) is 1.25. The molecule has 4 N–H and O–H groups in total. The van der Waals surface area contributed by atoms with Crippen LogP contribution in [0.25, 0.3) is 0 Å². The van der Waals surface area contributed by atoms with E-state index < -0.39 is 29.6 Å². The minimum Gasteiger partial charge on any atom is -0.444 e. The highest BCUT2D eigenvalue weighted by molar-refractivity contribution is 7.98. The highest BCUT2D eigenvalue weighted by Gasteiger charge is 2.24. The van der Waals surface area contributed by atoms with Crippen LogP contribution in [0.2, 0.25) is 0 Å². The maximum Gasteiger partial charge on any atom is 0.408 e. The summed E-state index contributed by atoms with van der Waals surface area (Å²) in [5.74, 6) is -0.410. The maximum absolute atomic E-state index is 11.9. The smallest absolute Gasteiger partial charge is 0.408 e. The number of rotatable bonds is 7. The number of ether oxygens (including phenoxy) is 1. The molecule has 0 aliphatic carbocycles. The molecule has 0 fully saturated rings. The molecule has 0 bridgehead atoms. The van der Waals surface area contributed by atoms with Gasteiger partial charge in [-0.15, -0.1) is 0 Å². The van der Waals surface area contributed by atoms with Crippen LogP contribution in [0, 0.1) is 0 Å². The summed E-state index contributed by atoms with van der Waals surface area (Å²) in [5, 5.41) is 4.86. The van der Waals surface area contributed by atoms with Gasteiger partial charge < -0.3 is 21.1 Å². The molecule has 0 aliphatic rings. The number of carbonyl (C=O) groups is 3. The molecule has 20 heavy (non-hydrogen) atoms. The Morgan fingerprint density at radius 1 is 1.30 bits per heavy atom. The minimum atomic E-state index is -0.753. The molecule has 1 unspecified atom stereocenters. The van der Waals surface area contributed by atoms with E-state index in [4.69, 9.17) is 10.5 Å². The molecule has 7 nitrogen and oxygen atoms in total. The van der Waals surface area contributed by atoms with Gasteiger partial charge >= 0.3 is 6.09 Å². The van der Waals surface area contributed by atoms with Gasteiger partial charge in [-0.3, -0.25) is 9.59 Å². The van der Waals surface area contributed by atoms with Crippen molar-refractivity contribution < 1.29 is 19.1 Å². The molecular weight excluding hydrogens is 282 g/mol. The Bertz CT molecular complexity index is 355. The Balaban J connectivity index is 4.50. The first-order valence-electron chi connectivity index (χ1n) is 6.20. The Labute approximate surface area is 123 Å². The molecule has 0 saturated carbocycles. The summed E-state index contributed by atoms with van der Waals surface area (Å²) >= 11 is 1.55. The van der Waals surface area contributed by atoms with Gasteiger partial charge in [-0.25, -0.2) is 4.79 Å². The van der Waals surface area contributed by atoms with Gasteiger partial charge in [0.15, 0.2) is 0 Å². The summed E-state index contributed by atoms with van der Waals surface area (Å²) in [6.45, 7) is 4.94. The number of hydrogen-bond acceptors (Lipinski definition) is 5. The molecule has 0 spiro atoms. The molecule has 1 atom stereocenters. The van der Waals surface area contributed by atoms with Crippen LogP contribution < -0.4 is 16.4 Å². The zero-order valence-electron chi connectivity index (χ0n) is 12.3. The van der Waals surface area contributed by atoms with E-state index in [-0.39, 0.29) is 6.54 Å². The average molecular weight is 305 g/mol. The first-order valence-corrected chi connectivity index (χ1v) is 7.59. The number of nitrogens with one attached hydrogen (secondary N) is 2. The summed E-state index contributed by atoms with van der Waals surface area (Å²) in [6, 6.07) is -0.753. The zero-order chi connectivity index (χ0) is 15.8. The van der Waals surface area contributed by atoms with E-state index in [2.05, 4.69) is 10.6 Å². The number of alkyl carbamates (subject to hydrolysis) is 1. The highest BCUT2D eigenvalue weighted by atomic mass is 32.2. The minimum absolute atomic E-state index is 0.259. The van der Waals surface area contributed by atoms with E-state index in [0.29, 0.717) is 12.2 Å². The van der Waals surface area contributed by atoms with Gasteiger partial charge in [0.05, 0.1) is 6.54 Å². The van der Waals surface area contributed by atoms with Crippen LogP contribution in [-0.2, 0) is 14.3 Å². The Morgan fingerprint density at radius 2 is 1.90 bits per heavy atom. The quantitative estimate of drug-likeness (QED) is 0.624. The lowest BCUT2D eigenvalue weighted by molar-refractivity contribution is -0.126. The second-order valence-corrected chi connectivity index (χ2v) is 6.15. The fourth-order valence-corrected chi connectivity index (χ4v) is 1.72. The van der Waals surface area contributed by atoms with Crippen molar-refractivity contribution in [1.29, 1.82) is 0 Å². The predicted octanol–water partition coefficient (Wildman–Crippen LogP) is 0.234. The molecule has 0 heterocycles. The SMILES string of the molecule is CSCCC(NC(=O)OC(C)(C)C)C(=O)NCC(N)=O. The van der Waals surface area contributed by atoms with Crippen molar-refractivity contribution in [1.82, 2.24) is 10.6 Å². The van der Waals surface area contributed by atoms with Gasteiger partial charge in [0.2, 0.25) is 11.8 Å². The van der Waals surface area contributed by atoms with Crippen LogP contribution in [0.4, 0.5) is 4.79 Å². The Kier molecular flexibility index (Phi) is 8.05. The monoisotopic (exact) mass is 305 g/mol. The Morgan fingerprint density at radius 3 is 2.35 bits per heavy atom. The summed E-state index contributed by atoms with van der Waals surface area (Å²) in [5.41, 5.74) is 4.31. The third-order valence-electron chi connectivity index (χ3n) is 2.05. The largest absolute Gasteiger partial charge is 0.444 e. The molecule has 8 heteroatoms. The van der Waals surface area contributed by atoms with Crippen LogP contribution in [0.15, 0.2) is 0 Å². The van der Waals surface area contributed by atoms with Gasteiger partial charge in [0.25, 0.3) is 0 Å². The number of amides is 3. The molecule has 3 amide bonds. The van der Waals surface area contributed by atoms with E-state index >= 15 is 0 Å². The van der Waals surface area contributed by atoms with Crippen LogP contribution in [0.1, 0.15) is 27.2 Å². The average Bonchev–Trinajstić information content (AvgIpc) is 2.28. The lowest BCUT2D eigenvalue weighted by Crippen LogP contribution is -2.49. The van der Waals surface area contributed by atoms with Crippen molar-refractivity contribution >= 4 is 29.7 Å². The van der Waals surface area contributed by atoms with E-state index in [1.54, 1.807) is 32.5 Å². The van der Waals surface area contributed by atoms with E-state index in [9.17, 15) is 14.4 Å². The molecule has 0 aromatic carbocycles. The highest BCUT2D eigenvalue weighted by Crippen LogP contribution is 2.08. The van der Waals surface area contributed by atoms with Crippen LogP contribution >= 0.6 is 11.8 Å². The first kappa shape index (κ1) is 18.6. The number of hydrogen-bond donors (Lipinski definition) is 3. The molecule has 0 rings (SSSR count). The molecular formula is C12H23N3O4S. The van der Waals surface area contributed by atoms with Crippen molar-refractivity contribution in [2.45, 2.75) is 38.8 Å². The number of nitrogens with two attached hydrogens (primary N) is 1. The molecule has 0 radical (unpaired) electrons. The molecule has 0 aromatic rings. The topological polar surface area (TPSA) is 111 Å². The summed E-state index contributed by atoms with van der Waals surface area (Å²) < 4.78 is 5.10. The van der Waals surface area contributed by atoms with Crippen molar-refractivity contribution in [3.8, 4) is 0 Å². The van der Waals surface area contributed by atoms with Gasteiger partial charge in [0.1, 0.15) is 11.6 Å². The van der Waals surface area contributed by atoms with Crippen molar-refractivity contribution in [2.75, 3.05) is 18.6 Å². The third kappa shape index (κ3) is 9.48. The predicted molar refractivity (Wildman–Crippen MR) is 78.4 cm³/mol. The number of carbonyl (C=O) groups excluding carboxylic acids is 3. The van der Waals surface area contributed by atoms with Crippen LogP contribution in [-0.4, -0.2) is 48.1 Å². The van der Waals surface area contributed by atoms with Crippen LogP contribution in [0.5, 0.6) is 0 Å². The molecule has 0 aliphatic heterocycles. The van der Waals surface area contributed by atoms with Gasteiger partial charge in [-0.1, -0.05) is 0 Å². The lowest BCUT2D eigenvalue weighted by atomic mass is 10.2. The number of thioether (sulfide) groups is 1. The molecule has 116 valence electrons. The molecule has 0 saturated heterocycles. The first-order chi connectivity index (χ1) is 9.15. The fraction of sp³-hybridized carbons (Fsp3) is 0.750. The lowest BCUT2D eigenvalue weighted by Gasteiger charge is -2.23.